The number of hydrogen-bond acceptors (Lipinski definition) is 4. The summed E-state index contributed by atoms with van der Waals surface area (Å²) in [4.78, 5) is 21.1. The number of methoxy groups -OCH3 is 1. The molecule has 1 heterocycles. The first-order valence-corrected chi connectivity index (χ1v) is 9.80. The zero-order chi connectivity index (χ0) is 19.6. The van der Waals surface area contributed by atoms with Crippen molar-refractivity contribution in [2.24, 2.45) is 10.9 Å². The Bertz CT molecular complexity index is 441. The average molecular weight is 371 g/mol. The lowest BCUT2D eigenvalue weighted by Crippen LogP contribution is -2.48. The van der Waals surface area contributed by atoms with E-state index < -0.39 is 5.60 Å². The first-order chi connectivity index (χ1) is 12.3. The molecule has 0 aromatic carbocycles. The van der Waals surface area contributed by atoms with Crippen LogP contribution in [0, 0.1) is 5.92 Å². The van der Waals surface area contributed by atoms with Gasteiger partial charge in [-0.15, -0.1) is 0 Å². The van der Waals surface area contributed by atoms with Gasteiger partial charge in [-0.3, -0.25) is 4.99 Å². The molecule has 0 saturated carbocycles. The number of nitrogens with one attached hydrogen (secondary N) is 1. The van der Waals surface area contributed by atoms with Crippen molar-refractivity contribution in [2.45, 2.75) is 53.1 Å². The minimum absolute atomic E-state index is 0.211. The third-order valence-corrected chi connectivity index (χ3v) is 4.32. The van der Waals surface area contributed by atoms with E-state index in [9.17, 15) is 4.79 Å². The number of ether oxygens (including phenoxy) is 2. The van der Waals surface area contributed by atoms with E-state index in [1.165, 1.54) is 0 Å². The van der Waals surface area contributed by atoms with Crippen molar-refractivity contribution in [3.8, 4) is 0 Å². The van der Waals surface area contributed by atoms with Crippen LogP contribution in [0.5, 0.6) is 0 Å². The van der Waals surface area contributed by atoms with E-state index in [1.807, 2.05) is 32.6 Å². The van der Waals surface area contributed by atoms with Crippen molar-refractivity contribution in [1.82, 2.24) is 15.1 Å². The second-order valence-electron chi connectivity index (χ2n) is 7.68. The number of guanidine groups is 1. The molecular weight excluding hydrogens is 332 g/mol. The van der Waals surface area contributed by atoms with E-state index in [0.717, 1.165) is 45.0 Å². The summed E-state index contributed by atoms with van der Waals surface area (Å²) >= 11 is 0. The van der Waals surface area contributed by atoms with Crippen LogP contribution >= 0.6 is 0 Å². The predicted octanol–water partition coefficient (Wildman–Crippen LogP) is 2.57. The molecule has 1 aliphatic rings. The Morgan fingerprint density at radius 2 is 1.92 bits per heavy atom. The van der Waals surface area contributed by atoms with Gasteiger partial charge >= 0.3 is 6.09 Å². The molecule has 152 valence electrons. The van der Waals surface area contributed by atoms with Crippen LogP contribution in [0.2, 0.25) is 0 Å². The number of carbonyl (C=O) groups excluding carboxylic acids is 1. The molecule has 0 unspecified atom stereocenters. The van der Waals surface area contributed by atoms with Crippen LogP contribution in [0.25, 0.3) is 0 Å². The number of likely N-dealkylation sites (tertiary alicyclic amines) is 1. The summed E-state index contributed by atoms with van der Waals surface area (Å²) in [7, 11) is 1.69. The highest BCUT2D eigenvalue weighted by atomic mass is 16.6. The van der Waals surface area contributed by atoms with Crippen molar-refractivity contribution in [3.63, 3.8) is 0 Å². The number of piperidine rings is 1. The molecule has 0 aromatic rings. The molecule has 1 rings (SSSR count). The highest BCUT2D eigenvalue weighted by Gasteiger charge is 2.27. The van der Waals surface area contributed by atoms with Gasteiger partial charge in [0.25, 0.3) is 0 Å². The van der Waals surface area contributed by atoms with Crippen LogP contribution in [0.4, 0.5) is 4.79 Å². The maximum Gasteiger partial charge on any atom is 0.410 e. The van der Waals surface area contributed by atoms with E-state index >= 15 is 0 Å². The molecule has 1 fully saturated rings. The second-order valence-corrected chi connectivity index (χ2v) is 7.68. The quantitative estimate of drug-likeness (QED) is 0.424. The topological polar surface area (TPSA) is 66.4 Å². The number of carbonyl (C=O) groups is 1. The van der Waals surface area contributed by atoms with Gasteiger partial charge < -0.3 is 24.6 Å². The van der Waals surface area contributed by atoms with Crippen molar-refractivity contribution in [2.75, 3.05) is 53.0 Å². The molecule has 1 aliphatic heterocycles. The van der Waals surface area contributed by atoms with Crippen LogP contribution in [0.3, 0.4) is 0 Å². The van der Waals surface area contributed by atoms with Gasteiger partial charge in [-0.25, -0.2) is 4.79 Å². The van der Waals surface area contributed by atoms with Gasteiger partial charge in [0.15, 0.2) is 5.96 Å². The molecule has 26 heavy (non-hydrogen) atoms. The fourth-order valence-corrected chi connectivity index (χ4v) is 2.97. The molecule has 0 aliphatic carbocycles. The van der Waals surface area contributed by atoms with Gasteiger partial charge in [-0.1, -0.05) is 0 Å². The van der Waals surface area contributed by atoms with E-state index in [0.29, 0.717) is 25.6 Å². The summed E-state index contributed by atoms with van der Waals surface area (Å²) in [6.45, 7) is 15.3. The molecule has 7 nitrogen and oxygen atoms in total. The van der Waals surface area contributed by atoms with Gasteiger partial charge in [0.05, 0.1) is 13.2 Å². The Morgan fingerprint density at radius 1 is 1.27 bits per heavy atom. The third kappa shape index (κ3) is 8.25. The summed E-state index contributed by atoms with van der Waals surface area (Å²) < 4.78 is 10.6. The summed E-state index contributed by atoms with van der Waals surface area (Å²) in [5.74, 6) is 1.46. The van der Waals surface area contributed by atoms with Gasteiger partial charge in [-0.05, 0) is 53.4 Å². The molecule has 7 heteroatoms. The zero-order valence-corrected chi connectivity index (χ0v) is 17.5. The van der Waals surface area contributed by atoms with Crippen LogP contribution in [-0.2, 0) is 9.47 Å². The normalized spacial score (nSPS) is 16.5. The van der Waals surface area contributed by atoms with Crippen LogP contribution in [0.15, 0.2) is 4.99 Å². The lowest BCUT2D eigenvalue weighted by molar-refractivity contribution is 0.0214. The van der Waals surface area contributed by atoms with Crippen molar-refractivity contribution in [1.29, 1.82) is 0 Å². The maximum absolute atomic E-state index is 12.3. The molecule has 1 N–H and O–H groups in total. The lowest BCUT2D eigenvalue weighted by atomic mass is 9.96. The SMILES string of the molecule is CCNC(=NCCOC)N1CCC(CN(CC)C(=O)OC(C)(C)C)CC1. The second kappa shape index (κ2) is 11.3. The van der Waals surface area contributed by atoms with E-state index in [1.54, 1.807) is 7.11 Å². The number of aliphatic imine (C=N–C) groups is 1. The summed E-state index contributed by atoms with van der Waals surface area (Å²) in [6, 6.07) is 0. The third-order valence-electron chi connectivity index (χ3n) is 4.32. The van der Waals surface area contributed by atoms with Crippen molar-refractivity contribution >= 4 is 12.1 Å². The summed E-state index contributed by atoms with van der Waals surface area (Å²) in [5, 5.41) is 3.36. The van der Waals surface area contributed by atoms with Gasteiger partial charge in [-0.2, -0.15) is 0 Å². The van der Waals surface area contributed by atoms with E-state index in [2.05, 4.69) is 22.1 Å². The minimum atomic E-state index is -0.451. The first kappa shape index (κ1) is 22.5. The number of amides is 1. The zero-order valence-electron chi connectivity index (χ0n) is 17.5. The highest BCUT2D eigenvalue weighted by molar-refractivity contribution is 5.80. The standard InChI is InChI=1S/C19H38N4O3/c1-7-20-17(21-11-14-25-6)23-12-9-16(10-13-23)15-22(8-2)18(24)26-19(3,4)5/h16H,7-15H2,1-6H3,(H,20,21). The average Bonchev–Trinajstić information content (AvgIpc) is 2.58. The summed E-state index contributed by atoms with van der Waals surface area (Å²) in [6.07, 6.45) is 1.89. The molecule has 1 amide bonds. The molecule has 0 atom stereocenters. The number of hydrogen-bond donors (Lipinski definition) is 1. The fraction of sp³-hybridized carbons (Fsp3) is 0.895. The molecule has 0 spiro atoms. The maximum atomic E-state index is 12.3. The van der Waals surface area contributed by atoms with Crippen molar-refractivity contribution < 1.29 is 14.3 Å². The number of nitrogens with zero attached hydrogens (tertiary/aromatic N) is 3. The fourth-order valence-electron chi connectivity index (χ4n) is 2.97. The predicted molar refractivity (Wildman–Crippen MR) is 106 cm³/mol. The lowest BCUT2D eigenvalue weighted by Gasteiger charge is -2.36. The number of rotatable bonds is 7. The molecule has 0 bridgehead atoms. The van der Waals surface area contributed by atoms with E-state index in [4.69, 9.17) is 9.47 Å². The largest absolute Gasteiger partial charge is 0.444 e. The van der Waals surface area contributed by atoms with Crippen molar-refractivity contribution in [3.05, 3.63) is 0 Å². The summed E-state index contributed by atoms with van der Waals surface area (Å²) in [5.41, 5.74) is -0.451. The molecule has 1 saturated heterocycles. The molecule has 0 radical (unpaired) electrons. The minimum Gasteiger partial charge on any atom is -0.444 e. The Hall–Kier alpha value is -1.50. The first-order valence-electron chi connectivity index (χ1n) is 9.80. The van der Waals surface area contributed by atoms with Gasteiger partial charge in [0.2, 0.25) is 0 Å². The van der Waals surface area contributed by atoms with E-state index in [-0.39, 0.29) is 6.09 Å². The Kier molecular flexibility index (Phi) is 9.76. The monoisotopic (exact) mass is 370 g/mol. The molecule has 0 aromatic heterocycles. The highest BCUT2D eigenvalue weighted by Crippen LogP contribution is 2.20. The van der Waals surface area contributed by atoms with Crippen LogP contribution in [-0.4, -0.2) is 80.4 Å². The Balaban J connectivity index is 2.53. The van der Waals surface area contributed by atoms with Gasteiger partial charge in [0, 0.05) is 39.8 Å². The van der Waals surface area contributed by atoms with Crippen LogP contribution < -0.4 is 5.32 Å². The Morgan fingerprint density at radius 3 is 2.42 bits per heavy atom. The smallest absolute Gasteiger partial charge is 0.410 e. The van der Waals surface area contributed by atoms with Gasteiger partial charge in [0.1, 0.15) is 5.60 Å². The molecular formula is C19H38N4O3. The Labute approximate surface area is 159 Å². The van der Waals surface area contributed by atoms with Crippen LogP contribution in [0.1, 0.15) is 47.5 Å².